The van der Waals surface area contributed by atoms with Gasteiger partial charge in [-0.05, 0) is 50.7 Å². The van der Waals surface area contributed by atoms with Gasteiger partial charge in [0, 0.05) is 10.9 Å². The molecule has 0 N–H and O–H groups in total. The van der Waals surface area contributed by atoms with Gasteiger partial charge in [-0.1, -0.05) is 96.5 Å². The number of hydrogen-bond donors (Lipinski definition) is 0. The molecule has 6 aromatic rings. The van der Waals surface area contributed by atoms with Gasteiger partial charge >= 0.3 is 0 Å². The fourth-order valence-electron chi connectivity index (χ4n) is 5.10. The van der Waals surface area contributed by atoms with Crippen molar-refractivity contribution in [3.8, 4) is 39.1 Å². The first-order valence-corrected chi connectivity index (χ1v) is 11.1. The van der Waals surface area contributed by atoms with Crippen molar-refractivity contribution in [3.63, 3.8) is 0 Å². The molecule has 1 aromatic heterocycles. The van der Waals surface area contributed by atoms with E-state index in [0.717, 1.165) is 27.7 Å². The van der Waals surface area contributed by atoms with Crippen LogP contribution in [0.25, 0.3) is 60.7 Å². The van der Waals surface area contributed by atoms with Gasteiger partial charge in [-0.15, -0.1) is 0 Å². The summed E-state index contributed by atoms with van der Waals surface area (Å²) in [6, 6.07) is 34.0. The molecule has 0 saturated carbocycles. The maximum Gasteiger partial charge on any atom is 0.0845 e. The maximum atomic E-state index is 7.06. The first kappa shape index (κ1) is 17.8. The summed E-state index contributed by atoms with van der Waals surface area (Å²) >= 11 is 7.06. The monoisotopic (exact) mass is 428 g/mol. The van der Waals surface area contributed by atoms with Crippen LogP contribution in [0.5, 0.6) is 0 Å². The lowest BCUT2D eigenvalue weighted by Crippen LogP contribution is -1.98. The van der Waals surface area contributed by atoms with E-state index in [0.29, 0.717) is 5.02 Å². The van der Waals surface area contributed by atoms with Gasteiger partial charge in [-0.25, -0.2) is 4.68 Å². The first-order valence-electron chi connectivity index (χ1n) is 10.7. The number of fused-ring (bicyclic) bond motifs is 4. The van der Waals surface area contributed by atoms with Gasteiger partial charge < -0.3 is 0 Å². The average Bonchev–Trinajstić information content (AvgIpc) is 3.41. The lowest BCUT2D eigenvalue weighted by molar-refractivity contribution is 0.911. The lowest BCUT2D eigenvalue weighted by atomic mass is 9.94. The van der Waals surface area contributed by atoms with Crippen LogP contribution in [0.3, 0.4) is 0 Å². The Labute approximate surface area is 190 Å². The summed E-state index contributed by atoms with van der Waals surface area (Å²) in [5.74, 6) is 0. The van der Waals surface area contributed by atoms with E-state index in [1.54, 1.807) is 0 Å². The number of benzene rings is 5. The van der Waals surface area contributed by atoms with Crippen molar-refractivity contribution in [2.45, 2.75) is 0 Å². The highest BCUT2D eigenvalue weighted by Crippen LogP contribution is 2.49. The smallest absolute Gasteiger partial charge is 0.0845 e. The van der Waals surface area contributed by atoms with Crippen molar-refractivity contribution in [1.29, 1.82) is 0 Å². The summed E-state index contributed by atoms with van der Waals surface area (Å²) < 4.78 is 1.93. The summed E-state index contributed by atoms with van der Waals surface area (Å²) in [4.78, 5) is 0. The number of halogens is 1. The Kier molecular flexibility index (Phi) is 3.64. The van der Waals surface area contributed by atoms with E-state index in [1.807, 2.05) is 29.1 Å². The average molecular weight is 429 g/mol. The minimum absolute atomic E-state index is 0.706. The molecule has 32 heavy (non-hydrogen) atoms. The van der Waals surface area contributed by atoms with Gasteiger partial charge in [-0.3, -0.25) is 0 Å². The number of hydrogen-bond acceptors (Lipinski definition) is 1. The van der Waals surface area contributed by atoms with E-state index >= 15 is 0 Å². The van der Waals surface area contributed by atoms with Crippen LogP contribution in [0.2, 0.25) is 5.02 Å². The quantitative estimate of drug-likeness (QED) is 0.271. The fraction of sp³-hybridized carbons (Fsp3) is 0. The Morgan fingerprint density at radius 2 is 1.22 bits per heavy atom. The summed E-state index contributed by atoms with van der Waals surface area (Å²) in [6.07, 6.45) is 1.88. The number of aromatic nitrogens is 2. The summed E-state index contributed by atoms with van der Waals surface area (Å²) in [5.41, 5.74) is 9.27. The third kappa shape index (κ3) is 2.33. The third-order valence-electron chi connectivity index (χ3n) is 6.52. The second kappa shape index (κ2) is 6.56. The zero-order valence-corrected chi connectivity index (χ0v) is 17.8. The molecule has 0 atom stereocenters. The zero-order valence-electron chi connectivity index (χ0n) is 17.1. The molecule has 1 aliphatic carbocycles. The van der Waals surface area contributed by atoms with Crippen LogP contribution >= 0.6 is 11.6 Å². The molecule has 2 nitrogen and oxygen atoms in total. The minimum Gasteiger partial charge on any atom is -0.232 e. The molecule has 0 aliphatic heterocycles. The molecule has 5 aromatic carbocycles. The number of nitrogens with zero attached hydrogens (tertiary/aromatic N) is 2. The van der Waals surface area contributed by atoms with E-state index in [1.165, 1.54) is 33.0 Å². The first-order chi connectivity index (χ1) is 15.8. The molecule has 0 fully saturated rings. The fourth-order valence-corrected chi connectivity index (χ4v) is 5.41. The van der Waals surface area contributed by atoms with Crippen molar-refractivity contribution in [3.05, 3.63) is 108 Å². The van der Waals surface area contributed by atoms with Gasteiger partial charge in [0.1, 0.15) is 0 Å². The number of rotatable bonds is 2. The van der Waals surface area contributed by atoms with Crippen LogP contribution in [0.4, 0.5) is 0 Å². The Hall–Kier alpha value is -3.88. The van der Waals surface area contributed by atoms with Gasteiger partial charge in [0.15, 0.2) is 0 Å². The molecule has 7 rings (SSSR count). The molecule has 0 radical (unpaired) electrons. The molecule has 1 heterocycles. The normalized spacial score (nSPS) is 11.9. The highest BCUT2D eigenvalue weighted by molar-refractivity contribution is 6.36. The highest BCUT2D eigenvalue weighted by Gasteiger charge is 2.23. The van der Waals surface area contributed by atoms with Gasteiger partial charge in [0.25, 0.3) is 0 Å². The van der Waals surface area contributed by atoms with Crippen LogP contribution in [0, 0.1) is 0 Å². The SMILES string of the molecule is Clc1c(-c2ccc3c4c(cccc24)-c2ccccc2-3)cccc1-n1ncc2ccccc21. The van der Waals surface area contributed by atoms with Crippen molar-refractivity contribution in [2.75, 3.05) is 0 Å². The lowest BCUT2D eigenvalue weighted by Gasteiger charge is -2.14. The highest BCUT2D eigenvalue weighted by atomic mass is 35.5. The molecule has 150 valence electrons. The van der Waals surface area contributed by atoms with E-state index in [2.05, 4.69) is 84.0 Å². The van der Waals surface area contributed by atoms with Crippen LogP contribution in [-0.4, -0.2) is 9.78 Å². The summed E-state index contributed by atoms with van der Waals surface area (Å²) in [5, 5.41) is 8.95. The second-order valence-electron chi connectivity index (χ2n) is 8.19. The summed E-state index contributed by atoms with van der Waals surface area (Å²) in [7, 11) is 0. The van der Waals surface area contributed by atoms with Gasteiger partial charge in [0.2, 0.25) is 0 Å². The molecule has 1 aliphatic rings. The second-order valence-corrected chi connectivity index (χ2v) is 8.57. The molecule has 0 bridgehead atoms. The predicted octanol–water partition coefficient (Wildman–Crippen LogP) is 8.15. The van der Waals surface area contributed by atoms with E-state index in [4.69, 9.17) is 11.6 Å². The van der Waals surface area contributed by atoms with Crippen LogP contribution in [0.15, 0.2) is 103 Å². The van der Waals surface area contributed by atoms with E-state index in [-0.39, 0.29) is 0 Å². The Morgan fingerprint density at radius 1 is 0.562 bits per heavy atom. The van der Waals surface area contributed by atoms with Crippen LogP contribution < -0.4 is 0 Å². The maximum absolute atomic E-state index is 7.06. The zero-order chi connectivity index (χ0) is 21.2. The molecular formula is C29H17ClN2. The molecule has 0 spiro atoms. The van der Waals surface area contributed by atoms with E-state index in [9.17, 15) is 0 Å². The molecule has 0 saturated heterocycles. The predicted molar refractivity (Wildman–Crippen MR) is 133 cm³/mol. The Balaban J connectivity index is 1.49. The van der Waals surface area contributed by atoms with E-state index < -0.39 is 0 Å². The van der Waals surface area contributed by atoms with Crippen molar-refractivity contribution in [2.24, 2.45) is 0 Å². The topological polar surface area (TPSA) is 17.8 Å². The van der Waals surface area contributed by atoms with Crippen molar-refractivity contribution >= 4 is 33.3 Å². The molecule has 3 heteroatoms. The standard InChI is InChI=1S/C29H17ClN2/c30-29-25(12-6-14-27(29)32-26-13-4-1-7-18(26)17-31-32)21-15-16-24-20-9-3-2-8-19(20)22-10-5-11-23(21)28(22)24/h1-17H. The van der Waals surface area contributed by atoms with Gasteiger partial charge in [0.05, 0.1) is 22.4 Å². The van der Waals surface area contributed by atoms with Crippen LogP contribution in [-0.2, 0) is 0 Å². The van der Waals surface area contributed by atoms with Crippen LogP contribution in [0.1, 0.15) is 0 Å². The number of para-hydroxylation sites is 1. The largest absolute Gasteiger partial charge is 0.232 e. The summed E-state index contributed by atoms with van der Waals surface area (Å²) in [6.45, 7) is 0. The Morgan fingerprint density at radius 3 is 2.09 bits per heavy atom. The molecule has 0 amide bonds. The van der Waals surface area contributed by atoms with Gasteiger partial charge in [-0.2, -0.15) is 5.10 Å². The third-order valence-corrected chi connectivity index (χ3v) is 6.92. The van der Waals surface area contributed by atoms with Crippen molar-refractivity contribution in [1.82, 2.24) is 9.78 Å². The Bertz CT molecular complexity index is 1660. The molecule has 0 unspecified atom stereocenters. The van der Waals surface area contributed by atoms with Crippen molar-refractivity contribution < 1.29 is 0 Å². The minimum atomic E-state index is 0.706. The molecular weight excluding hydrogens is 412 g/mol.